The predicted molar refractivity (Wildman–Crippen MR) is 88.3 cm³/mol. The van der Waals surface area contributed by atoms with Crippen LogP contribution >= 0.6 is 11.3 Å². The Kier molecular flexibility index (Phi) is 4.40. The zero-order valence-electron chi connectivity index (χ0n) is 12.3. The molecule has 0 amide bonds. The van der Waals surface area contributed by atoms with Gasteiger partial charge in [0, 0.05) is 24.2 Å². The van der Waals surface area contributed by atoms with Gasteiger partial charge >= 0.3 is 5.97 Å². The van der Waals surface area contributed by atoms with Crippen molar-refractivity contribution in [1.29, 1.82) is 0 Å². The van der Waals surface area contributed by atoms with Crippen LogP contribution in [0.2, 0.25) is 0 Å². The van der Waals surface area contributed by atoms with E-state index in [1.165, 1.54) is 24.2 Å². The Labute approximate surface area is 133 Å². The first-order valence-electron chi connectivity index (χ1n) is 7.45. The normalized spacial score (nSPS) is 15.3. The molecule has 3 N–H and O–H groups in total. The molecule has 1 aliphatic heterocycles. The third-order valence-corrected chi connectivity index (χ3v) is 4.97. The molecular weight excluding hydrogens is 298 g/mol. The Balaban J connectivity index is 1.84. The van der Waals surface area contributed by atoms with Crippen molar-refractivity contribution in [3.05, 3.63) is 34.2 Å². The Morgan fingerprint density at radius 3 is 2.82 bits per heavy atom. The van der Waals surface area contributed by atoms with E-state index in [4.69, 9.17) is 5.73 Å². The number of aromatic carboxylic acids is 1. The van der Waals surface area contributed by atoms with E-state index in [-0.39, 0.29) is 0 Å². The maximum atomic E-state index is 11.5. The maximum absolute atomic E-state index is 11.5. The van der Waals surface area contributed by atoms with Crippen LogP contribution in [0.1, 0.15) is 27.5 Å². The van der Waals surface area contributed by atoms with Crippen molar-refractivity contribution in [1.82, 2.24) is 9.88 Å². The number of likely N-dealkylation sites (tertiary alicyclic amines) is 1. The first-order chi connectivity index (χ1) is 10.6. The summed E-state index contributed by atoms with van der Waals surface area (Å²) in [5, 5.41) is 10.3. The fourth-order valence-electron chi connectivity index (χ4n) is 2.76. The number of nitrogens with two attached hydrogens (primary N) is 1. The van der Waals surface area contributed by atoms with Crippen LogP contribution in [0.5, 0.6) is 0 Å². The highest BCUT2D eigenvalue weighted by atomic mass is 32.1. The van der Waals surface area contributed by atoms with Crippen molar-refractivity contribution >= 4 is 23.0 Å². The summed E-state index contributed by atoms with van der Waals surface area (Å²) in [6.07, 6.45) is 3.31. The van der Waals surface area contributed by atoms with Crippen LogP contribution in [0.3, 0.4) is 0 Å². The highest BCUT2D eigenvalue weighted by Crippen LogP contribution is 2.30. The van der Waals surface area contributed by atoms with Crippen molar-refractivity contribution in [2.45, 2.75) is 19.3 Å². The third-order valence-electron chi connectivity index (χ3n) is 3.87. The molecular formula is C16H19N3O2S. The summed E-state index contributed by atoms with van der Waals surface area (Å²) >= 11 is 1.27. The van der Waals surface area contributed by atoms with E-state index in [0.29, 0.717) is 16.3 Å². The number of carboxylic acids is 1. The van der Waals surface area contributed by atoms with Gasteiger partial charge in [-0.15, -0.1) is 11.3 Å². The number of benzene rings is 1. The molecule has 0 saturated carbocycles. The van der Waals surface area contributed by atoms with Gasteiger partial charge in [0.25, 0.3) is 0 Å². The summed E-state index contributed by atoms with van der Waals surface area (Å²) in [6, 6.07) is 7.22. The molecule has 1 fully saturated rings. The molecule has 22 heavy (non-hydrogen) atoms. The molecule has 1 aromatic heterocycles. The van der Waals surface area contributed by atoms with Crippen molar-refractivity contribution in [2.75, 3.05) is 25.4 Å². The molecule has 5 nitrogen and oxygen atoms in total. The van der Waals surface area contributed by atoms with E-state index in [0.717, 1.165) is 36.6 Å². The smallest absolute Gasteiger partial charge is 0.348 e. The highest BCUT2D eigenvalue weighted by molar-refractivity contribution is 7.14. The molecule has 0 atom stereocenters. The summed E-state index contributed by atoms with van der Waals surface area (Å²) in [4.78, 5) is 18.7. The van der Waals surface area contributed by atoms with E-state index < -0.39 is 5.97 Å². The lowest BCUT2D eigenvalue weighted by molar-refractivity contribution is 0.0702. The van der Waals surface area contributed by atoms with Gasteiger partial charge in [0.05, 0.1) is 10.7 Å². The monoisotopic (exact) mass is 317 g/mol. The topological polar surface area (TPSA) is 79.5 Å². The van der Waals surface area contributed by atoms with Gasteiger partial charge < -0.3 is 15.7 Å². The molecule has 0 unspecified atom stereocenters. The third kappa shape index (κ3) is 3.28. The Bertz CT molecular complexity index is 678. The van der Waals surface area contributed by atoms with E-state index in [9.17, 15) is 9.90 Å². The number of rotatable bonds is 5. The summed E-state index contributed by atoms with van der Waals surface area (Å²) in [7, 11) is 0. The molecule has 116 valence electrons. The van der Waals surface area contributed by atoms with Crippen LogP contribution in [-0.2, 0) is 6.42 Å². The Hall–Kier alpha value is -1.92. The first kappa shape index (κ1) is 15.0. The average molecular weight is 317 g/mol. The molecule has 1 saturated heterocycles. The minimum Gasteiger partial charge on any atom is -0.477 e. The number of aromatic nitrogens is 1. The van der Waals surface area contributed by atoms with E-state index in [2.05, 4.69) is 9.88 Å². The van der Waals surface area contributed by atoms with E-state index >= 15 is 0 Å². The quantitative estimate of drug-likeness (QED) is 0.829. The lowest BCUT2D eigenvalue weighted by Crippen LogP contribution is -2.21. The molecule has 0 spiro atoms. The molecule has 1 aliphatic rings. The lowest BCUT2D eigenvalue weighted by Gasteiger charge is -2.12. The standard InChI is InChI=1S/C16H19N3O2S/c17-12-5-3-4-11(10-12)14-15(16(20)21)22-13(18-14)6-9-19-7-1-2-8-19/h3-5,10H,1-2,6-9,17H2,(H,20,21). The molecule has 3 rings (SSSR count). The van der Waals surface area contributed by atoms with Gasteiger partial charge in [0.1, 0.15) is 4.88 Å². The minimum atomic E-state index is -0.928. The number of thiazole rings is 1. The maximum Gasteiger partial charge on any atom is 0.348 e. The number of carboxylic acid groups (broad SMARTS) is 1. The number of carbonyl (C=O) groups is 1. The van der Waals surface area contributed by atoms with Gasteiger partial charge in [0.2, 0.25) is 0 Å². The molecule has 2 aromatic rings. The predicted octanol–water partition coefficient (Wildman–Crippen LogP) is 2.73. The summed E-state index contributed by atoms with van der Waals surface area (Å²) in [6.45, 7) is 3.22. The van der Waals surface area contributed by atoms with Crippen molar-refractivity contribution in [2.24, 2.45) is 0 Å². The fraction of sp³-hybridized carbons (Fsp3) is 0.375. The average Bonchev–Trinajstić information content (AvgIpc) is 3.14. The van der Waals surface area contributed by atoms with Crippen LogP contribution in [0.4, 0.5) is 5.69 Å². The van der Waals surface area contributed by atoms with Crippen molar-refractivity contribution in [3.63, 3.8) is 0 Å². The summed E-state index contributed by atoms with van der Waals surface area (Å²) in [5.41, 5.74) is 7.70. The minimum absolute atomic E-state index is 0.294. The first-order valence-corrected chi connectivity index (χ1v) is 8.26. The zero-order valence-corrected chi connectivity index (χ0v) is 13.1. The summed E-state index contributed by atoms with van der Waals surface area (Å²) < 4.78 is 0. The number of nitrogen functional groups attached to an aromatic ring is 1. The second-order valence-electron chi connectivity index (χ2n) is 5.51. The van der Waals surface area contributed by atoms with E-state index in [1.54, 1.807) is 12.1 Å². The Morgan fingerprint density at radius 1 is 1.36 bits per heavy atom. The number of hydrogen-bond acceptors (Lipinski definition) is 5. The number of nitrogens with zero attached hydrogens (tertiary/aromatic N) is 2. The molecule has 1 aromatic carbocycles. The van der Waals surface area contributed by atoms with Crippen LogP contribution < -0.4 is 5.73 Å². The number of hydrogen-bond donors (Lipinski definition) is 2. The largest absolute Gasteiger partial charge is 0.477 e. The molecule has 6 heteroatoms. The Morgan fingerprint density at radius 2 is 2.14 bits per heavy atom. The molecule has 0 radical (unpaired) electrons. The van der Waals surface area contributed by atoms with Crippen LogP contribution in [0.25, 0.3) is 11.3 Å². The van der Waals surface area contributed by atoms with Crippen molar-refractivity contribution in [3.8, 4) is 11.3 Å². The van der Waals surface area contributed by atoms with Crippen LogP contribution in [0.15, 0.2) is 24.3 Å². The lowest BCUT2D eigenvalue weighted by atomic mass is 10.1. The van der Waals surface area contributed by atoms with Gasteiger partial charge in [-0.05, 0) is 38.1 Å². The molecule has 0 bridgehead atoms. The van der Waals surface area contributed by atoms with E-state index in [1.807, 2.05) is 12.1 Å². The van der Waals surface area contributed by atoms with Crippen molar-refractivity contribution < 1.29 is 9.90 Å². The SMILES string of the molecule is Nc1cccc(-c2nc(CCN3CCCC3)sc2C(=O)O)c1. The van der Waals surface area contributed by atoms with Gasteiger partial charge in [-0.3, -0.25) is 0 Å². The number of anilines is 1. The van der Waals surface area contributed by atoms with Crippen LogP contribution in [-0.4, -0.2) is 40.6 Å². The second kappa shape index (κ2) is 6.46. The molecule has 0 aliphatic carbocycles. The molecule has 2 heterocycles. The second-order valence-corrected chi connectivity index (χ2v) is 6.60. The fourth-order valence-corrected chi connectivity index (χ4v) is 3.67. The summed E-state index contributed by atoms with van der Waals surface area (Å²) in [5.74, 6) is -0.928. The zero-order chi connectivity index (χ0) is 15.5. The van der Waals surface area contributed by atoms with Gasteiger partial charge in [-0.2, -0.15) is 0 Å². The van der Waals surface area contributed by atoms with Gasteiger partial charge in [-0.1, -0.05) is 12.1 Å². The highest BCUT2D eigenvalue weighted by Gasteiger charge is 2.20. The van der Waals surface area contributed by atoms with Gasteiger partial charge in [-0.25, -0.2) is 9.78 Å². The van der Waals surface area contributed by atoms with Gasteiger partial charge in [0.15, 0.2) is 0 Å². The van der Waals surface area contributed by atoms with Crippen LogP contribution in [0, 0.1) is 0 Å².